The highest BCUT2D eigenvalue weighted by atomic mass is 32.2. The van der Waals surface area contributed by atoms with E-state index in [9.17, 15) is 14.5 Å². The number of benzene rings is 1. The Balaban J connectivity index is 2.34. The van der Waals surface area contributed by atoms with Gasteiger partial charge < -0.3 is 15.7 Å². The molecule has 0 saturated heterocycles. The van der Waals surface area contributed by atoms with Crippen molar-refractivity contribution in [2.45, 2.75) is 26.3 Å². The Hall–Kier alpha value is -3.73. The summed E-state index contributed by atoms with van der Waals surface area (Å²) in [7, 11) is 2.78. The standard InChI is InChI=1S/C23H27N5O5S/c1-4-5-9-20(34-15-21(29)30)27-22(24-2)16-11-17(13-19(12-16)28(32)33-3)23(31)26-14-18-8-6-7-10-25-18/h6-13H,4-5,14-15H2,1-3H3,(H2-,24,26,27,29,30,31)/p+1. The molecule has 0 saturated carbocycles. The maximum absolute atomic E-state index is 12.8. The molecule has 2 rings (SSSR count). The number of nitrogens with zero attached hydrogens (tertiary/aromatic N) is 3. The molecule has 0 aliphatic heterocycles. The Morgan fingerprint density at radius 2 is 2.03 bits per heavy atom. The van der Waals surface area contributed by atoms with Crippen LogP contribution in [-0.4, -0.2) is 52.6 Å². The van der Waals surface area contributed by atoms with Crippen LogP contribution in [0.2, 0.25) is 0 Å². The number of aliphatic carboxylic acids is 1. The number of hydrogen-bond acceptors (Lipinski definition) is 7. The second-order valence-electron chi connectivity index (χ2n) is 6.95. The SMILES string of the molecule is CCCC=C(NC(=NC)c1cc(C(=O)NCc2ccccn2)cc([N+](=O)OC)c1)SCC(=O)O. The first-order valence-electron chi connectivity index (χ1n) is 10.5. The van der Waals surface area contributed by atoms with Crippen molar-refractivity contribution >= 4 is 35.2 Å². The Bertz CT molecular complexity index is 1070. The number of pyridine rings is 1. The van der Waals surface area contributed by atoms with Gasteiger partial charge in [0.2, 0.25) is 0 Å². The van der Waals surface area contributed by atoms with Gasteiger partial charge >= 0.3 is 11.7 Å². The number of thioether (sulfide) groups is 1. The Morgan fingerprint density at radius 1 is 1.26 bits per heavy atom. The van der Waals surface area contributed by atoms with Crippen molar-refractivity contribution in [3.63, 3.8) is 0 Å². The smallest absolute Gasteiger partial charge is 0.318 e. The van der Waals surface area contributed by atoms with Crippen molar-refractivity contribution in [1.82, 2.24) is 15.6 Å². The lowest BCUT2D eigenvalue weighted by Crippen LogP contribution is -2.26. The van der Waals surface area contributed by atoms with Crippen LogP contribution in [0, 0.1) is 4.91 Å². The largest absolute Gasteiger partial charge is 0.481 e. The van der Waals surface area contributed by atoms with Gasteiger partial charge in [0.1, 0.15) is 5.84 Å². The number of rotatable bonds is 12. The molecular weight excluding hydrogens is 458 g/mol. The van der Waals surface area contributed by atoms with Gasteiger partial charge in [0, 0.05) is 36.5 Å². The number of unbranched alkanes of at least 4 members (excludes halogenated alkanes) is 1. The second kappa shape index (κ2) is 13.7. The number of amides is 1. The minimum atomic E-state index is -0.944. The van der Waals surface area contributed by atoms with Crippen LogP contribution in [0.25, 0.3) is 0 Å². The van der Waals surface area contributed by atoms with Crippen LogP contribution in [0.1, 0.15) is 41.4 Å². The third-order valence-corrected chi connectivity index (χ3v) is 5.39. The lowest BCUT2D eigenvalue weighted by Gasteiger charge is -2.13. The molecule has 0 fully saturated rings. The van der Waals surface area contributed by atoms with Crippen LogP contribution in [-0.2, 0) is 16.2 Å². The van der Waals surface area contributed by atoms with E-state index in [0.29, 0.717) is 27.0 Å². The molecule has 1 amide bonds. The van der Waals surface area contributed by atoms with E-state index >= 15 is 0 Å². The van der Waals surface area contributed by atoms with Crippen molar-refractivity contribution in [3.8, 4) is 0 Å². The van der Waals surface area contributed by atoms with Crippen LogP contribution in [0.15, 0.2) is 58.7 Å². The fourth-order valence-corrected chi connectivity index (χ4v) is 3.48. The number of aliphatic imine (C=N–C) groups is 1. The fraction of sp³-hybridized carbons (Fsp3) is 0.304. The lowest BCUT2D eigenvalue weighted by atomic mass is 10.1. The molecule has 11 heteroatoms. The van der Waals surface area contributed by atoms with Crippen molar-refractivity contribution in [2.24, 2.45) is 4.99 Å². The Labute approximate surface area is 202 Å². The molecule has 0 aliphatic rings. The summed E-state index contributed by atoms with van der Waals surface area (Å²) in [5.74, 6) is -1.11. The van der Waals surface area contributed by atoms with Gasteiger partial charge in [-0.1, -0.05) is 37.2 Å². The quantitative estimate of drug-likeness (QED) is 0.236. The van der Waals surface area contributed by atoms with E-state index in [2.05, 4.69) is 20.6 Å². The third-order valence-electron chi connectivity index (χ3n) is 4.42. The van der Waals surface area contributed by atoms with Crippen molar-refractivity contribution in [3.05, 3.63) is 75.4 Å². The van der Waals surface area contributed by atoms with Gasteiger partial charge in [0.05, 0.1) is 27.9 Å². The molecule has 1 aromatic heterocycles. The molecular formula is C23H28N5O5S+. The third kappa shape index (κ3) is 8.32. The number of carbonyl (C=O) groups is 2. The molecule has 0 aliphatic carbocycles. The molecule has 180 valence electrons. The van der Waals surface area contributed by atoms with E-state index in [-0.39, 0.29) is 23.5 Å². The molecule has 3 N–H and O–H groups in total. The van der Waals surface area contributed by atoms with E-state index in [0.717, 1.165) is 24.6 Å². The summed E-state index contributed by atoms with van der Waals surface area (Å²) < 4.78 is 0. The van der Waals surface area contributed by atoms with Gasteiger partial charge in [-0.25, -0.2) is 4.84 Å². The van der Waals surface area contributed by atoms with Crippen molar-refractivity contribution in [2.75, 3.05) is 19.9 Å². The van der Waals surface area contributed by atoms with E-state index < -0.39 is 11.9 Å². The van der Waals surface area contributed by atoms with Gasteiger partial charge in [-0.05, 0) is 24.6 Å². The predicted molar refractivity (Wildman–Crippen MR) is 131 cm³/mol. The number of carbonyl (C=O) groups excluding carboxylic acids is 1. The maximum atomic E-state index is 12.8. The molecule has 0 radical (unpaired) electrons. The number of aromatic nitrogens is 1. The normalized spacial score (nSPS) is 11.6. The maximum Gasteiger partial charge on any atom is 0.318 e. The molecule has 0 spiro atoms. The zero-order valence-corrected chi connectivity index (χ0v) is 20.1. The fourth-order valence-electron chi connectivity index (χ4n) is 2.80. The van der Waals surface area contributed by atoms with Crippen LogP contribution in [0.5, 0.6) is 0 Å². The van der Waals surface area contributed by atoms with E-state index in [4.69, 9.17) is 9.94 Å². The first-order chi connectivity index (χ1) is 16.4. The van der Waals surface area contributed by atoms with Crippen molar-refractivity contribution < 1.29 is 24.5 Å². The average Bonchev–Trinajstić information content (AvgIpc) is 2.86. The first kappa shape index (κ1) is 26.5. The molecule has 34 heavy (non-hydrogen) atoms. The van der Waals surface area contributed by atoms with Gasteiger partial charge in [-0.3, -0.25) is 19.6 Å². The summed E-state index contributed by atoms with van der Waals surface area (Å²) >= 11 is 1.13. The topological polar surface area (TPSA) is 133 Å². The Kier molecular flexibility index (Phi) is 10.7. The van der Waals surface area contributed by atoms with Crippen LogP contribution < -0.4 is 10.6 Å². The van der Waals surface area contributed by atoms with Crippen LogP contribution >= 0.6 is 11.8 Å². The predicted octanol–water partition coefficient (Wildman–Crippen LogP) is 3.41. The van der Waals surface area contributed by atoms with E-state index in [1.54, 1.807) is 31.4 Å². The first-order valence-corrected chi connectivity index (χ1v) is 11.5. The number of hydrogen-bond donors (Lipinski definition) is 3. The van der Waals surface area contributed by atoms with Crippen LogP contribution in [0.3, 0.4) is 0 Å². The minimum absolute atomic E-state index is 0.100. The molecule has 10 nitrogen and oxygen atoms in total. The monoisotopic (exact) mass is 486 g/mol. The average molecular weight is 487 g/mol. The summed E-state index contributed by atoms with van der Waals surface area (Å²) in [6, 6.07) is 9.93. The molecule has 2 aromatic rings. The lowest BCUT2D eigenvalue weighted by molar-refractivity contribution is -0.736. The number of allylic oxidation sites excluding steroid dienone is 1. The van der Waals surface area contributed by atoms with Gasteiger partial charge in [0.25, 0.3) is 10.8 Å². The van der Waals surface area contributed by atoms with Gasteiger partial charge in [0.15, 0.2) is 7.11 Å². The highest BCUT2D eigenvalue weighted by Gasteiger charge is 2.22. The number of carboxylic acid groups (broad SMARTS) is 1. The van der Waals surface area contributed by atoms with E-state index in [1.807, 2.05) is 19.1 Å². The zero-order chi connectivity index (χ0) is 24.9. The number of amidine groups is 1. The second-order valence-corrected chi connectivity index (χ2v) is 7.97. The zero-order valence-electron chi connectivity index (χ0n) is 19.3. The molecule has 1 heterocycles. The molecule has 0 bridgehead atoms. The summed E-state index contributed by atoms with van der Waals surface area (Å²) in [5.41, 5.74) is 1.47. The van der Waals surface area contributed by atoms with Crippen LogP contribution in [0.4, 0.5) is 5.69 Å². The number of nitrogens with one attached hydrogen (secondary N) is 2. The summed E-state index contributed by atoms with van der Waals surface area (Å²) in [5, 5.41) is 15.6. The summed E-state index contributed by atoms with van der Waals surface area (Å²) in [6.45, 7) is 2.23. The van der Waals surface area contributed by atoms with E-state index in [1.165, 1.54) is 19.2 Å². The van der Waals surface area contributed by atoms with Gasteiger partial charge in [-0.15, -0.1) is 0 Å². The minimum Gasteiger partial charge on any atom is -0.481 e. The number of carboxylic acids is 1. The van der Waals surface area contributed by atoms with Gasteiger partial charge in [-0.2, -0.15) is 0 Å². The highest BCUT2D eigenvalue weighted by molar-refractivity contribution is 8.03. The Morgan fingerprint density at radius 3 is 2.65 bits per heavy atom. The molecule has 1 aromatic carbocycles. The molecule has 0 unspecified atom stereocenters. The highest BCUT2D eigenvalue weighted by Crippen LogP contribution is 2.21. The van der Waals surface area contributed by atoms with Crippen molar-refractivity contribution in [1.29, 1.82) is 0 Å². The summed E-state index contributed by atoms with van der Waals surface area (Å²) in [4.78, 5) is 49.5. The molecule has 0 atom stereocenters. The summed E-state index contributed by atoms with van der Waals surface area (Å²) in [6.07, 6.45) is 5.14.